The first-order valence-corrected chi connectivity index (χ1v) is 5.06. The lowest BCUT2D eigenvalue weighted by molar-refractivity contribution is -0.125. The minimum Gasteiger partial charge on any atom is -0.369 e. The van der Waals surface area contributed by atoms with Gasteiger partial charge in [-0.25, -0.2) is 0 Å². The van der Waals surface area contributed by atoms with Gasteiger partial charge in [-0.1, -0.05) is 19.3 Å². The second kappa shape index (κ2) is 2.75. The van der Waals surface area contributed by atoms with Crippen molar-refractivity contribution in [3.63, 3.8) is 0 Å². The largest absolute Gasteiger partial charge is 0.369 e. The van der Waals surface area contributed by atoms with Gasteiger partial charge in [-0.05, 0) is 31.6 Å². The average molecular weight is 167 g/mol. The Balaban J connectivity index is 2.02. The van der Waals surface area contributed by atoms with E-state index >= 15 is 0 Å². The van der Waals surface area contributed by atoms with Gasteiger partial charge in [-0.3, -0.25) is 4.79 Å². The van der Waals surface area contributed by atoms with Gasteiger partial charge >= 0.3 is 0 Å². The molecule has 2 nitrogen and oxygen atoms in total. The molecule has 2 aliphatic rings. The van der Waals surface area contributed by atoms with Crippen LogP contribution in [0, 0.1) is 11.3 Å². The molecule has 0 atom stereocenters. The summed E-state index contributed by atoms with van der Waals surface area (Å²) in [5, 5.41) is 0. The molecule has 0 radical (unpaired) electrons. The normalized spacial score (nSPS) is 28.3. The second-order valence-electron chi connectivity index (χ2n) is 4.36. The number of hydrogen-bond acceptors (Lipinski definition) is 1. The standard InChI is InChI=1S/C10H17NO/c11-9(12)10(6-7-10)8-4-2-1-3-5-8/h8H,1-7H2,(H2,11,12). The smallest absolute Gasteiger partial charge is 0.223 e. The second-order valence-corrected chi connectivity index (χ2v) is 4.36. The van der Waals surface area contributed by atoms with E-state index in [9.17, 15) is 4.79 Å². The fourth-order valence-electron chi connectivity index (χ4n) is 2.65. The molecule has 0 saturated heterocycles. The van der Waals surface area contributed by atoms with Gasteiger partial charge in [0.25, 0.3) is 0 Å². The summed E-state index contributed by atoms with van der Waals surface area (Å²) in [6.07, 6.45) is 8.57. The van der Waals surface area contributed by atoms with Crippen LogP contribution in [0.4, 0.5) is 0 Å². The van der Waals surface area contributed by atoms with Crippen molar-refractivity contribution in [1.29, 1.82) is 0 Å². The van der Waals surface area contributed by atoms with E-state index in [1.54, 1.807) is 0 Å². The molecule has 0 aromatic carbocycles. The van der Waals surface area contributed by atoms with Crippen molar-refractivity contribution in [3.05, 3.63) is 0 Å². The van der Waals surface area contributed by atoms with Crippen LogP contribution < -0.4 is 5.73 Å². The first-order valence-electron chi connectivity index (χ1n) is 5.06. The zero-order valence-electron chi connectivity index (χ0n) is 7.51. The van der Waals surface area contributed by atoms with Crippen LogP contribution in [0.2, 0.25) is 0 Å². The Labute approximate surface area is 73.5 Å². The zero-order chi connectivity index (χ0) is 8.60. The Hall–Kier alpha value is -0.530. The number of carbonyl (C=O) groups excluding carboxylic acids is 1. The number of hydrogen-bond donors (Lipinski definition) is 1. The molecule has 0 aromatic heterocycles. The number of rotatable bonds is 2. The summed E-state index contributed by atoms with van der Waals surface area (Å²) in [4.78, 5) is 11.2. The maximum absolute atomic E-state index is 11.2. The van der Waals surface area contributed by atoms with Crippen molar-refractivity contribution in [2.75, 3.05) is 0 Å². The maximum Gasteiger partial charge on any atom is 0.223 e. The van der Waals surface area contributed by atoms with Gasteiger partial charge in [-0.2, -0.15) is 0 Å². The molecular weight excluding hydrogens is 150 g/mol. The highest BCUT2D eigenvalue weighted by atomic mass is 16.1. The lowest BCUT2D eigenvalue weighted by Crippen LogP contribution is -2.32. The van der Waals surface area contributed by atoms with Crippen LogP contribution in [-0.2, 0) is 4.79 Å². The molecule has 2 heteroatoms. The van der Waals surface area contributed by atoms with Gasteiger partial charge in [0.2, 0.25) is 5.91 Å². The SMILES string of the molecule is NC(=O)C1(C2CCCCC2)CC1. The number of primary amides is 1. The van der Waals surface area contributed by atoms with Crippen LogP contribution in [-0.4, -0.2) is 5.91 Å². The van der Waals surface area contributed by atoms with E-state index in [1.165, 1.54) is 32.1 Å². The van der Waals surface area contributed by atoms with Gasteiger partial charge in [0, 0.05) is 0 Å². The summed E-state index contributed by atoms with van der Waals surface area (Å²) in [5.41, 5.74) is 5.38. The summed E-state index contributed by atoms with van der Waals surface area (Å²) in [6.45, 7) is 0. The molecule has 1 amide bonds. The molecule has 0 aliphatic heterocycles. The molecule has 2 saturated carbocycles. The van der Waals surface area contributed by atoms with Gasteiger partial charge in [0.1, 0.15) is 0 Å². The quantitative estimate of drug-likeness (QED) is 0.670. The monoisotopic (exact) mass is 167 g/mol. The van der Waals surface area contributed by atoms with Gasteiger partial charge in [-0.15, -0.1) is 0 Å². The minimum atomic E-state index is -0.0412. The topological polar surface area (TPSA) is 43.1 Å². The Morgan fingerprint density at radius 3 is 2.17 bits per heavy atom. The molecule has 0 unspecified atom stereocenters. The average Bonchev–Trinajstić information content (AvgIpc) is 2.86. The van der Waals surface area contributed by atoms with Crippen molar-refractivity contribution in [2.45, 2.75) is 44.9 Å². The van der Waals surface area contributed by atoms with E-state index in [1.807, 2.05) is 0 Å². The van der Waals surface area contributed by atoms with E-state index < -0.39 is 0 Å². The van der Waals surface area contributed by atoms with Crippen LogP contribution in [0.25, 0.3) is 0 Å². The first-order chi connectivity index (χ1) is 5.76. The minimum absolute atomic E-state index is 0.0330. The first kappa shape index (κ1) is 8.09. The third kappa shape index (κ3) is 1.13. The summed E-state index contributed by atoms with van der Waals surface area (Å²) in [7, 11) is 0. The van der Waals surface area contributed by atoms with E-state index in [0.717, 1.165) is 12.8 Å². The molecule has 0 bridgehead atoms. The van der Waals surface area contributed by atoms with Crippen LogP contribution in [0.1, 0.15) is 44.9 Å². The van der Waals surface area contributed by atoms with Crippen molar-refractivity contribution >= 4 is 5.91 Å². The molecule has 2 fully saturated rings. The van der Waals surface area contributed by atoms with Crippen molar-refractivity contribution in [2.24, 2.45) is 17.1 Å². The third-order valence-corrected chi connectivity index (χ3v) is 3.67. The molecule has 2 aliphatic carbocycles. The van der Waals surface area contributed by atoms with Gasteiger partial charge in [0.15, 0.2) is 0 Å². The summed E-state index contributed by atoms with van der Waals surface area (Å²) < 4.78 is 0. The zero-order valence-corrected chi connectivity index (χ0v) is 7.51. The molecule has 2 rings (SSSR count). The van der Waals surface area contributed by atoms with Gasteiger partial charge < -0.3 is 5.73 Å². The Morgan fingerprint density at radius 2 is 1.75 bits per heavy atom. The third-order valence-electron chi connectivity index (χ3n) is 3.67. The summed E-state index contributed by atoms with van der Waals surface area (Å²) in [5.74, 6) is 0.596. The predicted molar refractivity (Wildman–Crippen MR) is 47.4 cm³/mol. The van der Waals surface area contributed by atoms with E-state index in [-0.39, 0.29) is 11.3 Å². The van der Waals surface area contributed by atoms with Crippen LogP contribution in [0.5, 0.6) is 0 Å². The van der Waals surface area contributed by atoms with Gasteiger partial charge in [0.05, 0.1) is 5.41 Å². The molecule has 68 valence electrons. The molecule has 2 N–H and O–H groups in total. The lowest BCUT2D eigenvalue weighted by atomic mass is 9.77. The number of amides is 1. The molecule has 0 aromatic rings. The Morgan fingerprint density at radius 1 is 1.17 bits per heavy atom. The van der Waals surface area contributed by atoms with Crippen LogP contribution in [0.3, 0.4) is 0 Å². The molecule has 0 heterocycles. The van der Waals surface area contributed by atoms with E-state index in [0.29, 0.717) is 5.92 Å². The van der Waals surface area contributed by atoms with E-state index in [2.05, 4.69) is 0 Å². The fraction of sp³-hybridized carbons (Fsp3) is 0.900. The highest BCUT2D eigenvalue weighted by Gasteiger charge is 2.53. The van der Waals surface area contributed by atoms with E-state index in [4.69, 9.17) is 5.73 Å². The maximum atomic E-state index is 11.2. The van der Waals surface area contributed by atoms with Crippen molar-refractivity contribution < 1.29 is 4.79 Å². The predicted octanol–water partition coefficient (Wildman–Crippen LogP) is 1.83. The molecule has 12 heavy (non-hydrogen) atoms. The summed E-state index contributed by atoms with van der Waals surface area (Å²) in [6, 6.07) is 0. The highest BCUT2D eigenvalue weighted by molar-refractivity contribution is 5.83. The lowest BCUT2D eigenvalue weighted by Gasteiger charge is -2.27. The fourth-order valence-corrected chi connectivity index (χ4v) is 2.65. The Bertz CT molecular complexity index is 190. The van der Waals surface area contributed by atoms with Crippen LogP contribution in [0.15, 0.2) is 0 Å². The number of carbonyl (C=O) groups is 1. The molecule has 0 spiro atoms. The Kier molecular flexibility index (Phi) is 1.85. The van der Waals surface area contributed by atoms with Crippen molar-refractivity contribution in [3.8, 4) is 0 Å². The summed E-state index contributed by atoms with van der Waals surface area (Å²) >= 11 is 0. The molecular formula is C10H17NO. The number of nitrogens with two attached hydrogens (primary N) is 1. The highest BCUT2D eigenvalue weighted by Crippen LogP contribution is 2.56. The van der Waals surface area contributed by atoms with Crippen LogP contribution >= 0.6 is 0 Å². The van der Waals surface area contributed by atoms with Crippen molar-refractivity contribution in [1.82, 2.24) is 0 Å².